The number of rotatable bonds is 4. The van der Waals surface area contributed by atoms with Crippen molar-refractivity contribution in [3.8, 4) is 0 Å². The summed E-state index contributed by atoms with van der Waals surface area (Å²) < 4.78 is 0. The van der Waals surface area contributed by atoms with Gasteiger partial charge in [0.25, 0.3) is 0 Å². The van der Waals surface area contributed by atoms with Crippen molar-refractivity contribution in [2.45, 2.75) is 38.1 Å². The second kappa shape index (κ2) is 5.16. The summed E-state index contributed by atoms with van der Waals surface area (Å²) >= 11 is 0. The van der Waals surface area contributed by atoms with E-state index in [1.165, 1.54) is 37.8 Å². The molecule has 0 unspecified atom stereocenters. The summed E-state index contributed by atoms with van der Waals surface area (Å²) in [6.45, 7) is 1.64. The molecule has 15 heavy (non-hydrogen) atoms. The van der Waals surface area contributed by atoms with E-state index in [1.54, 1.807) is 0 Å². The van der Waals surface area contributed by atoms with Crippen molar-refractivity contribution in [1.29, 1.82) is 0 Å². The highest BCUT2D eigenvalue weighted by Gasteiger charge is 2.21. The van der Waals surface area contributed by atoms with Gasteiger partial charge in [-0.2, -0.15) is 5.10 Å². The molecule has 0 aromatic carbocycles. The minimum Gasteiger partial charge on any atom is -0.365 e. The predicted octanol–water partition coefficient (Wildman–Crippen LogP) is 1.51. The van der Waals surface area contributed by atoms with E-state index in [-0.39, 0.29) is 0 Å². The van der Waals surface area contributed by atoms with Gasteiger partial charge in [0, 0.05) is 25.3 Å². The standard InChI is InChI=1S/C11H20N4/c12-6-7-15(11-8-13-14-9-11)10-4-2-1-3-5-10/h8-10H,1-7,12H2,(H,13,14). The van der Waals surface area contributed by atoms with E-state index in [0.717, 1.165) is 6.54 Å². The van der Waals surface area contributed by atoms with E-state index >= 15 is 0 Å². The minimum absolute atomic E-state index is 0.667. The zero-order valence-corrected chi connectivity index (χ0v) is 9.15. The lowest BCUT2D eigenvalue weighted by atomic mass is 9.94. The molecule has 1 aliphatic carbocycles. The first-order valence-corrected chi connectivity index (χ1v) is 5.87. The average Bonchev–Trinajstić information content (AvgIpc) is 2.80. The van der Waals surface area contributed by atoms with Gasteiger partial charge in [0.05, 0.1) is 11.9 Å². The molecule has 84 valence electrons. The monoisotopic (exact) mass is 208 g/mol. The molecule has 0 radical (unpaired) electrons. The Kier molecular flexibility index (Phi) is 3.61. The molecule has 3 N–H and O–H groups in total. The van der Waals surface area contributed by atoms with Crippen LogP contribution in [0.3, 0.4) is 0 Å². The van der Waals surface area contributed by atoms with Gasteiger partial charge in [0.15, 0.2) is 0 Å². The van der Waals surface area contributed by atoms with Gasteiger partial charge in [-0.1, -0.05) is 19.3 Å². The topological polar surface area (TPSA) is 57.9 Å². The van der Waals surface area contributed by atoms with Crippen LogP contribution in [0.1, 0.15) is 32.1 Å². The zero-order valence-electron chi connectivity index (χ0n) is 9.15. The lowest BCUT2D eigenvalue weighted by molar-refractivity contribution is 0.416. The van der Waals surface area contributed by atoms with Crippen molar-refractivity contribution in [2.24, 2.45) is 5.73 Å². The minimum atomic E-state index is 0.667. The van der Waals surface area contributed by atoms with Gasteiger partial charge in [0.1, 0.15) is 0 Å². The third-order valence-electron chi connectivity index (χ3n) is 3.20. The Bertz CT molecular complexity index is 264. The molecule has 0 saturated heterocycles. The van der Waals surface area contributed by atoms with Crippen LogP contribution in [0.2, 0.25) is 0 Å². The SMILES string of the molecule is NCCN(c1cn[nH]c1)C1CCCCC1. The lowest BCUT2D eigenvalue weighted by Crippen LogP contribution is -2.39. The highest BCUT2D eigenvalue weighted by molar-refractivity contribution is 5.43. The first-order chi connectivity index (χ1) is 7.42. The molecule has 1 aromatic heterocycles. The van der Waals surface area contributed by atoms with Gasteiger partial charge in [0.2, 0.25) is 0 Å². The number of hydrogen-bond donors (Lipinski definition) is 2. The van der Waals surface area contributed by atoms with Gasteiger partial charge in [-0.3, -0.25) is 5.10 Å². The van der Waals surface area contributed by atoms with E-state index in [2.05, 4.69) is 15.1 Å². The predicted molar refractivity (Wildman–Crippen MR) is 61.9 cm³/mol. The summed E-state index contributed by atoms with van der Waals surface area (Å²) in [5.74, 6) is 0. The van der Waals surface area contributed by atoms with Crippen LogP contribution >= 0.6 is 0 Å². The molecule has 1 aliphatic rings. The third-order valence-corrected chi connectivity index (χ3v) is 3.20. The van der Waals surface area contributed by atoms with Gasteiger partial charge in [-0.05, 0) is 12.8 Å². The van der Waals surface area contributed by atoms with Crippen LogP contribution in [-0.4, -0.2) is 29.3 Å². The Morgan fingerprint density at radius 2 is 2.20 bits per heavy atom. The van der Waals surface area contributed by atoms with Crippen LogP contribution in [-0.2, 0) is 0 Å². The molecule has 0 bridgehead atoms. The van der Waals surface area contributed by atoms with Crippen molar-refractivity contribution in [2.75, 3.05) is 18.0 Å². The molecule has 2 rings (SSSR count). The summed E-state index contributed by atoms with van der Waals surface area (Å²) in [6.07, 6.45) is 10.5. The van der Waals surface area contributed by atoms with Crippen molar-refractivity contribution in [3.05, 3.63) is 12.4 Å². The normalized spacial score (nSPS) is 17.9. The van der Waals surface area contributed by atoms with Gasteiger partial charge >= 0.3 is 0 Å². The molecule has 0 amide bonds. The Morgan fingerprint density at radius 1 is 1.40 bits per heavy atom. The average molecular weight is 208 g/mol. The quantitative estimate of drug-likeness (QED) is 0.788. The van der Waals surface area contributed by atoms with Gasteiger partial charge < -0.3 is 10.6 Å². The second-order valence-electron chi connectivity index (χ2n) is 4.23. The maximum atomic E-state index is 5.67. The summed E-state index contributed by atoms with van der Waals surface area (Å²) in [7, 11) is 0. The molecule has 0 aliphatic heterocycles. The van der Waals surface area contributed by atoms with Crippen LogP contribution < -0.4 is 10.6 Å². The molecule has 0 spiro atoms. The summed E-state index contributed by atoms with van der Waals surface area (Å²) in [4.78, 5) is 2.41. The van der Waals surface area contributed by atoms with Crippen LogP contribution in [0.4, 0.5) is 5.69 Å². The number of hydrogen-bond acceptors (Lipinski definition) is 3. The molecule has 1 fully saturated rings. The number of nitrogens with two attached hydrogens (primary N) is 1. The summed E-state index contributed by atoms with van der Waals surface area (Å²) in [6, 6.07) is 0.667. The number of H-pyrrole nitrogens is 1. The highest BCUT2D eigenvalue weighted by Crippen LogP contribution is 2.26. The molecule has 0 atom stereocenters. The molecular weight excluding hydrogens is 188 g/mol. The molecule has 4 heteroatoms. The number of aromatic nitrogens is 2. The van der Waals surface area contributed by atoms with Crippen LogP contribution in [0.15, 0.2) is 12.4 Å². The molecule has 1 heterocycles. The Morgan fingerprint density at radius 3 is 2.80 bits per heavy atom. The van der Waals surface area contributed by atoms with E-state index in [9.17, 15) is 0 Å². The van der Waals surface area contributed by atoms with Crippen LogP contribution in [0.25, 0.3) is 0 Å². The van der Waals surface area contributed by atoms with Crippen LogP contribution in [0.5, 0.6) is 0 Å². The fraction of sp³-hybridized carbons (Fsp3) is 0.727. The molecule has 1 saturated carbocycles. The maximum absolute atomic E-state index is 5.67. The zero-order chi connectivity index (χ0) is 10.5. The Labute approximate surface area is 90.8 Å². The number of anilines is 1. The van der Waals surface area contributed by atoms with Crippen molar-refractivity contribution >= 4 is 5.69 Å². The molecule has 1 aromatic rings. The Hall–Kier alpha value is -1.03. The molecular formula is C11H20N4. The number of aromatic amines is 1. The fourth-order valence-corrected chi connectivity index (χ4v) is 2.46. The van der Waals surface area contributed by atoms with Gasteiger partial charge in [-0.15, -0.1) is 0 Å². The van der Waals surface area contributed by atoms with E-state index in [1.807, 2.05) is 12.4 Å². The summed E-state index contributed by atoms with van der Waals surface area (Å²) in [5.41, 5.74) is 6.86. The largest absolute Gasteiger partial charge is 0.365 e. The third kappa shape index (κ3) is 2.50. The fourth-order valence-electron chi connectivity index (χ4n) is 2.46. The van der Waals surface area contributed by atoms with E-state index < -0.39 is 0 Å². The Balaban J connectivity index is 2.04. The smallest absolute Gasteiger partial charge is 0.0752 e. The number of nitrogens with one attached hydrogen (secondary N) is 1. The lowest BCUT2D eigenvalue weighted by Gasteiger charge is -2.34. The second-order valence-corrected chi connectivity index (χ2v) is 4.23. The van der Waals surface area contributed by atoms with Gasteiger partial charge in [-0.25, -0.2) is 0 Å². The van der Waals surface area contributed by atoms with E-state index in [0.29, 0.717) is 12.6 Å². The number of nitrogens with zero attached hydrogens (tertiary/aromatic N) is 2. The van der Waals surface area contributed by atoms with Crippen molar-refractivity contribution < 1.29 is 0 Å². The van der Waals surface area contributed by atoms with Crippen molar-refractivity contribution in [3.63, 3.8) is 0 Å². The maximum Gasteiger partial charge on any atom is 0.0752 e. The van der Waals surface area contributed by atoms with Crippen LogP contribution in [0, 0.1) is 0 Å². The first kappa shape index (κ1) is 10.5. The first-order valence-electron chi connectivity index (χ1n) is 5.87. The summed E-state index contributed by atoms with van der Waals surface area (Å²) in [5, 5.41) is 6.89. The van der Waals surface area contributed by atoms with Crippen molar-refractivity contribution in [1.82, 2.24) is 10.2 Å². The van der Waals surface area contributed by atoms with E-state index in [4.69, 9.17) is 5.73 Å². The molecule has 4 nitrogen and oxygen atoms in total. The highest BCUT2D eigenvalue weighted by atomic mass is 15.2.